The minimum absolute atomic E-state index is 0. The molecule has 1 saturated heterocycles. The Balaban J connectivity index is 0.00000400. The van der Waals surface area contributed by atoms with Gasteiger partial charge >= 0.3 is 0 Å². The number of rotatable bonds is 4. The number of hydrogen-bond acceptors (Lipinski definition) is 2. The van der Waals surface area contributed by atoms with Crippen LogP contribution < -0.4 is 10.6 Å². The van der Waals surface area contributed by atoms with Gasteiger partial charge in [-0.2, -0.15) is 0 Å². The van der Waals surface area contributed by atoms with Gasteiger partial charge in [0.1, 0.15) is 0 Å². The van der Waals surface area contributed by atoms with Crippen molar-refractivity contribution in [1.29, 1.82) is 0 Å². The van der Waals surface area contributed by atoms with Crippen molar-refractivity contribution in [2.45, 2.75) is 53.5 Å². The molecule has 1 fully saturated rings. The molecule has 0 saturated carbocycles. The molecule has 0 spiro atoms. The Labute approximate surface area is 146 Å². The Morgan fingerprint density at radius 1 is 1.33 bits per heavy atom. The molecule has 1 amide bonds. The van der Waals surface area contributed by atoms with Crippen LogP contribution in [0.15, 0.2) is 4.99 Å². The third kappa shape index (κ3) is 7.87. The number of amides is 1. The molecule has 1 aliphatic heterocycles. The number of likely N-dealkylation sites (tertiary alicyclic amines) is 1. The van der Waals surface area contributed by atoms with Gasteiger partial charge in [-0.3, -0.25) is 9.79 Å². The first-order valence-corrected chi connectivity index (χ1v) is 7.68. The van der Waals surface area contributed by atoms with Crippen LogP contribution in [0.5, 0.6) is 0 Å². The van der Waals surface area contributed by atoms with Crippen LogP contribution in [0, 0.1) is 5.41 Å². The highest BCUT2D eigenvalue weighted by Gasteiger charge is 2.25. The largest absolute Gasteiger partial charge is 0.357 e. The number of nitrogens with one attached hydrogen (secondary N) is 2. The molecule has 0 radical (unpaired) electrons. The third-order valence-corrected chi connectivity index (χ3v) is 3.24. The summed E-state index contributed by atoms with van der Waals surface area (Å²) < 4.78 is 0. The summed E-state index contributed by atoms with van der Waals surface area (Å²) in [5.41, 5.74) is 0.183. The van der Waals surface area contributed by atoms with Crippen molar-refractivity contribution in [3.05, 3.63) is 0 Å². The molecule has 5 nitrogen and oxygen atoms in total. The van der Waals surface area contributed by atoms with Gasteiger partial charge in [0.05, 0.1) is 0 Å². The minimum Gasteiger partial charge on any atom is -0.357 e. The van der Waals surface area contributed by atoms with Crippen molar-refractivity contribution < 1.29 is 4.79 Å². The Bertz CT molecular complexity index is 352. The van der Waals surface area contributed by atoms with Crippen LogP contribution >= 0.6 is 24.0 Å². The average molecular weight is 410 g/mol. The van der Waals surface area contributed by atoms with Crippen LogP contribution in [0.3, 0.4) is 0 Å². The summed E-state index contributed by atoms with van der Waals surface area (Å²) in [6.45, 7) is 13.8. The van der Waals surface area contributed by atoms with E-state index in [9.17, 15) is 4.79 Å². The van der Waals surface area contributed by atoms with Gasteiger partial charge in [0.25, 0.3) is 0 Å². The van der Waals surface area contributed by atoms with E-state index < -0.39 is 0 Å². The van der Waals surface area contributed by atoms with E-state index in [4.69, 9.17) is 0 Å². The summed E-state index contributed by atoms with van der Waals surface area (Å²) in [4.78, 5) is 18.2. The predicted molar refractivity (Wildman–Crippen MR) is 99.3 cm³/mol. The van der Waals surface area contributed by atoms with Crippen molar-refractivity contribution in [2.75, 3.05) is 26.2 Å². The van der Waals surface area contributed by atoms with E-state index in [1.165, 1.54) is 0 Å². The van der Waals surface area contributed by atoms with E-state index in [0.29, 0.717) is 12.5 Å². The zero-order valence-electron chi connectivity index (χ0n) is 14.0. The van der Waals surface area contributed by atoms with Gasteiger partial charge in [-0.1, -0.05) is 27.7 Å². The molecule has 1 aliphatic rings. The lowest BCUT2D eigenvalue weighted by Crippen LogP contribution is -2.45. The van der Waals surface area contributed by atoms with E-state index in [2.05, 4.69) is 43.3 Å². The van der Waals surface area contributed by atoms with E-state index in [1.807, 2.05) is 11.8 Å². The smallest absolute Gasteiger partial charge is 0.222 e. The van der Waals surface area contributed by atoms with Crippen LogP contribution in [0.4, 0.5) is 0 Å². The second kappa shape index (κ2) is 9.48. The molecule has 124 valence electrons. The van der Waals surface area contributed by atoms with Crippen LogP contribution in [-0.2, 0) is 4.79 Å². The summed E-state index contributed by atoms with van der Waals surface area (Å²) in [5, 5.41) is 6.72. The Kier molecular flexibility index (Phi) is 9.24. The van der Waals surface area contributed by atoms with Crippen molar-refractivity contribution in [2.24, 2.45) is 10.4 Å². The number of nitrogens with zero attached hydrogens (tertiary/aromatic N) is 2. The number of carbonyl (C=O) groups is 1. The summed E-state index contributed by atoms with van der Waals surface area (Å²) in [6.07, 6.45) is 1.58. The molecule has 0 aliphatic carbocycles. The van der Waals surface area contributed by atoms with E-state index >= 15 is 0 Å². The SMILES string of the molecule is CCNC(=NCC(C)(C)C)NC1CCN(C(=O)CC)C1.I. The van der Waals surface area contributed by atoms with Gasteiger partial charge in [0, 0.05) is 38.6 Å². The van der Waals surface area contributed by atoms with E-state index in [1.54, 1.807) is 0 Å². The molecule has 6 heteroatoms. The highest BCUT2D eigenvalue weighted by molar-refractivity contribution is 14.0. The summed E-state index contributed by atoms with van der Waals surface area (Å²) >= 11 is 0. The Hall–Kier alpha value is -0.530. The number of hydrogen-bond donors (Lipinski definition) is 2. The van der Waals surface area contributed by atoms with Crippen molar-refractivity contribution in [3.63, 3.8) is 0 Å². The minimum atomic E-state index is 0. The lowest BCUT2D eigenvalue weighted by Gasteiger charge is -2.20. The van der Waals surface area contributed by atoms with Gasteiger partial charge in [0.2, 0.25) is 5.91 Å². The normalized spacial score (nSPS) is 19.2. The van der Waals surface area contributed by atoms with Gasteiger partial charge in [-0.25, -0.2) is 0 Å². The Morgan fingerprint density at radius 2 is 2.00 bits per heavy atom. The number of aliphatic imine (C=N–C) groups is 1. The third-order valence-electron chi connectivity index (χ3n) is 3.24. The molecule has 0 aromatic rings. The molecule has 0 aromatic carbocycles. The average Bonchev–Trinajstić information content (AvgIpc) is 2.83. The summed E-state index contributed by atoms with van der Waals surface area (Å²) in [7, 11) is 0. The maximum absolute atomic E-state index is 11.7. The zero-order chi connectivity index (χ0) is 15.2. The molecule has 2 N–H and O–H groups in total. The fraction of sp³-hybridized carbons (Fsp3) is 0.867. The van der Waals surface area contributed by atoms with Crippen LogP contribution in [0.2, 0.25) is 0 Å². The fourth-order valence-corrected chi connectivity index (χ4v) is 2.16. The first-order valence-electron chi connectivity index (χ1n) is 7.68. The van der Waals surface area contributed by atoms with Crippen LogP contribution in [0.1, 0.15) is 47.5 Å². The standard InChI is InChI=1S/C15H30N4O.HI/c1-6-13(20)19-9-8-12(10-19)18-14(16-7-2)17-11-15(3,4)5;/h12H,6-11H2,1-5H3,(H2,16,17,18);1H. The predicted octanol–water partition coefficient (Wildman–Crippen LogP) is 2.22. The van der Waals surface area contributed by atoms with Crippen molar-refractivity contribution >= 4 is 35.8 Å². The van der Waals surface area contributed by atoms with Gasteiger partial charge in [0.15, 0.2) is 5.96 Å². The molecule has 1 unspecified atom stereocenters. The highest BCUT2D eigenvalue weighted by atomic mass is 127. The number of carbonyl (C=O) groups excluding carboxylic acids is 1. The van der Waals surface area contributed by atoms with Gasteiger partial charge in [-0.05, 0) is 18.8 Å². The maximum Gasteiger partial charge on any atom is 0.222 e. The summed E-state index contributed by atoms with van der Waals surface area (Å²) in [6, 6.07) is 0.309. The lowest BCUT2D eigenvalue weighted by atomic mass is 9.97. The number of guanidine groups is 1. The molecular formula is C15H31IN4O. The molecule has 0 bridgehead atoms. The van der Waals surface area contributed by atoms with Crippen LogP contribution in [0.25, 0.3) is 0 Å². The Morgan fingerprint density at radius 3 is 2.52 bits per heavy atom. The van der Waals surface area contributed by atoms with Gasteiger partial charge in [-0.15, -0.1) is 24.0 Å². The lowest BCUT2D eigenvalue weighted by molar-refractivity contribution is -0.129. The highest BCUT2D eigenvalue weighted by Crippen LogP contribution is 2.13. The topological polar surface area (TPSA) is 56.7 Å². The van der Waals surface area contributed by atoms with Crippen molar-refractivity contribution in [1.82, 2.24) is 15.5 Å². The van der Waals surface area contributed by atoms with Gasteiger partial charge < -0.3 is 15.5 Å². The summed E-state index contributed by atoms with van der Waals surface area (Å²) in [5.74, 6) is 1.10. The van der Waals surface area contributed by atoms with E-state index in [0.717, 1.165) is 38.6 Å². The first kappa shape index (κ1) is 20.5. The second-order valence-corrected chi connectivity index (χ2v) is 6.58. The molecule has 21 heavy (non-hydrogen) atoms. The first-order chi connectivity index (χ1) is 9.35. The van der Waals surface area contributed by atoms with Crippen LogP contribution in [-0.4, -0.2) is 49.0 Å². The molecule has 1 atom stereocenters. The quantitative estimate of drug-likeness (QED) is 0.425. The fourth-order valence-electron chi connectivity index (χ4n) is 2.16. The second-order valence-electron chi connectivity index (χ2n) is 6.58. The monoisotopic (exact) mass is 410 g/mol. The molecule has 1 rings (SSSR count). The molecule has 0 aromatic heterocycles. The van der Waals surface area contributed by atoms with Crippen molar-refractivity contribution in [3.8, 4) is 0 Å². The number of halogens is 1. The molecule has 1 heterocycles. The maximum atomic E-state index is 11.7. The van der Waals surface area contributed by atoms with E-state index in [-0.39, 0.29) is 35.3 Å². The molecular weight excluding hydrogens is 379 g/mol. The zero-order valence-corrected chi connectivity index (χ0v) is 16.4.